The minimum atomic E-state index is -0.492. The zero-order valence-corrected chi connectivity index (χ0v) is 21.3. The molecule has 9 heteroatoms. The van der Waals surface area contributed by atoms with Crippen molar-refractivity contribution in [2.45, 2.75) is 12.8 Å². The van der Waals surface area contributed by atoms with Gasteiger partial charge in [0.1, 0.15) is 11.5 Å². The highest BCUT2D eigenvalue weighted by atomic mass is 16.6. The van der Waals surface area contributed by atoms with Gasteiger partial charge in [-0.3, -0.25) is 20.2 Å². The lowest BCUT2D eigenvalue weighted by Gasteiger charge is -2.13. The Kier molecular flexibility index (Phi) is 8.68. The molecular formula is C32H18N4O5. The van der Waals surface area contributed by atoms with Crippen molar-refractivity contribution < 1.29 is 14.6 Å². The van der Waals surface area contributed by atoms with Crippen LogP contribution in [0.4, 0.5) is 11.4 Å². The summed E-state index contributed by atoms with van der Waals surface area (Å²) in [7, 11) is 0. The first-order valence-electron chi connectivity index (χ1n) is 12.1. The second-order valence-corrected chi connectivity index (χ2v) is 8.46. The number of nitrogens with zero attached hydrogens (tertiary/aromatic N) is 4. The molecule has 41 heavy (non-hydrogen) atoms. The molecule has 9 nitrogen and oxygen atoms in total. The van der Waals surface area contributed by atoms with Crippen molar-refractivity contribution in [3.63, 3.8) is 0 Å². The van der Waals surface area contributed by atoms with Crippen LogP contribution in [0.3, 0.4) is 0 Å². The van der Waals surface area contributed by atoms with Gasteiger partial charge in [-0.2, -0.15) is 10.5 Å². The van der Waals surface area contributed by atoms with Gasteiger partial charge in [0.05, 0.1) is 46.0 Å². The molecule has 0 heterocycles. The van der Waals surface area contributed by atoms with E-state index in [0.29, 0.717) is 44.9 Å². The Morgan fingerprint density at radius 1 is 0.585 bits per heavy atom. The Morgan fingerprint density at radius 2 is 0.976 bits per heavy atom. The van der Waals surface area contributed by atoms with Crippen LogP contribution in [-0.4, -0.2) is 9.85 Å². The summed E-state index contributed by atoms with van der Waals surface area (Å²) in [5.74, 6) is 12.8. The van der Waals surface area contributed by atoms with Gasteiger partial charge in [0.2, 0.25) is 0 Å². The van der Waals surface area contributed by atoms with E-state index in [4.69, 9.17) is 4.74 Å². The van der Waals surface area contributed by atoms with Crippen LogP contribution in [0.15, 0.2) is 84.9 Å². The van der Waals surface area contributed by atoms with Crippen LogP contribution in [0.5, 0.6) is 11.5 Å². The normalized spacial score (nSPS) is 9.61. The highest BCUT2D eigenvalue weighted by Crippen LogP contribution is 2.31. The largest absolute Gasteiger partial charge is 0.455 e. The lowest BCUT2D eigenvalue weighted by Crippen LogP contribution is -1.98. The van der Waals surface area contributed by atoms with Crippen molar-refractivity contribution in [1.82, 2.24) is 0 Å². The number of hydrogen-bond donors (Lipinski definition) is 0. The molecule has 0 spiro atoms. The van der Waals surface area contributed by atoms with E-state index in [1.807, 2.05) is 0 Å². The molecule has 4 aromatic rings. The first-order valence-corrected chi connectivity index (χ1v) is 12.1. The quantitative estimate of drug-likeness (QED) is 0.161. The Morgan fingerprint density at radius 3 is 1.32 bits per heavy atom. The van der Waals surface area contributed by atoms with E-state index >= 15 is 0 Å². The molecule has 0 atom stereocenters. The van der Waals surface area contributed by atoms with Gasteiger partial charge in [-0.15, -0.1) is 0 Å². The highest BCUT2D eigenvalue weighted by molar-refractivity contribution is 5.60. The number of benzene rings is 4. The Bertz CT molecular complexity index is 1710. The number of nitriles is 2. The third-order valence-corrected chi connectivity index (χ3v) is 5.80. The first-order chi connectivity index (χ1) is 19.9. The van der Waals surface area contributed by atoms with E-state index in [9.17, 15) is 30.8 Å². The van der Waals surface area contributed by atoms with Crippen LogP contribution in [-0.2, 0) is 12.8 Å². The van der Waals surface area contributed by atoms with E-state index in [0.717, 1.165) is 0 Å². The van der Waals surface area contributed by atoms with E-state index in [1.165, 1.54) is 48.5 Å². The van der Waals surface area contributed by atoms with Gasteiger partial charge in [0.15, 0.2) is 0 Å². The standard InChI is InChI=1S/C32H18N4O5/c33-21-19-25-3-1-5-31(29(25)17-11-23-7-13-27(14-8-23)35(37)38)41-32-6-2-4-26(20-22-34)30(32)18-12-24-9-15-28(16-10-24)36(39)40/h1-10,13-16H,19-20H2. The van der Waals surface area contributed by atoms with Crippen LogP contribution < -0.4 is 4.74 Å². The lowest BCUT2D eigenvalue weighted by atomic mass is 10.0. The van der Waals surface area contributed by atoms with Gasteiger partial charge in [-0.25, -0.2) is 0 Å². The highest BCUT2D eigenvalue weighted by Gasteiger charge is 2.13. The summed E-state index contributed by atoms with van der Waals surface area (Å²) in [6.07, 6.45) is 0.144. The summed E-state index contributed by atoms with van der Waals surface area (Å²) in [6.45, 7) is 0. The van der Waals surface area contributed by atoms with Crippen molar-refractivity contribution in [2.24, 2.45) is 0 Å². The number of rotatable bonds is 6. The average Bonchev–Trinajstić information content (AvgIpc) is 2.97. The molecule has 0 unspecified atom stereocenters. The van der Waals surface area contributed by atoms with E-state index in [1.54, 1.807) is 36.4 Å². The Hall–Kier alpha value is -6.42. The van der Waals surface area contributed by atoms with Crippen LogP contribution in [0.1, 0.15) is 33.4 Å². The van der Waals surface area contributed by atoms with E-state index in [-0.39, 0.29) is 24.2 Å². The average molecular weight is 539 g/mol. The summed E-state index contributed by atoms with van der Waals surface area (Å²) in [6, 6.07) is 26.2. The Labute approximate surface area is 235 Å². The van der Waals surface area contributed by atoms with Gasteiger partial charge in [0.25, 0.3) is 11.4 Å². The van der Waals surface area contributed by atoms with Crippen LogP contribution in [0.25, 0.3) is 0 Å². The molecule has 4 rings (SSSR count). The smallest absolute Gasteiger partial charge is 0.269 e. The van der Waals surface area contributed by atoms with Crippen molar-refractivity contribution >= 4 is 11.4 Å². The summed E-state index contributed by atoms with van der Waals surface area (Å²) in [5.41, 5.74) is 3.17. The third kappa shape index (κ3) is 6.92. The topological polar surface area (TPSA) is 143 Å². The number of hydrogen-bond acceptors (Lipinski definition) is 7. The minimum absolute atomic E-state index is 0.0518. The van der Waals surface area contributed by atoms with Crippen molar-refractivity contribution in [3.8, 4) is 47.3 Å². The monoisotopic (exact) mass is 538 g/mol. The molecule has 196 valence electrons. The van der Waals surface area contributed by atoms with Crippen LogP contribution >= 0.6 is 0 Å². The summed E-state index contributed by atoms with van der Waals surface area (Å²) < 4.78 is 6.29. The van der Waals surface area contributed by atoms with Gasteiger partial charge in [0, 0.05) is 35.4 Å². The molecule has 0 amide bonds. The second kappa shape index (κ2) is 12.9. The molecule has 0 aliphatic heterocycles. The molecule has 0 aliphatic rings. The zero-order chi connectivity index (χ0) is 29.2. The zero-order valence-electron chi connectivity index (χ0n) is 21.3. The number of non-ortho nitro benzene ring substituents is 2. The SMILES string of the molecule is N#CCc1cccc(Oc2cccc(CC#N)c2C#Cc2ccc([N+](=O)[O-])cc2)c1C#Cc1ccc([N+](=O)[O-])cc1. The Balaban J connectivity index is 1.76. The molecular weight excluding hydrogens is 520 g/mol. The molecule has 0 bridgehead atoms. The second-order valence-electron chi connectivity index (χ2n) is 8.46. The molecule has 0 fully saturated rings. The van der Waals surface area contributed by atoms with Gasteiger partial charge in [-0.1, -0.05) is 47.9 Å². The lowest BCUT2D eigenvalue weighted by molar-refractivity contribution is -0.385. The minimum Gasteiger partial charge on any atom is -0.455 e. The summed E-state index contributed by atoms with van der Waals surface area (Å²) >= 11 is 0. The van der Waals surface area contributed by atoms with Crippen molar-refractivity contribution in [2.75, 3.05) is 0 Å². The fourth-order valence-corrected chi connectivity index (χ4v) is 3.79. The summed E-state index contributed by atoms with van der Waals surface area (Å²) in [4.78, 5) is 20.9. The van der Waals surface area contributed by atoms with Crippen LogP contribution in [0.2, 0.25) is 0 Å². The predicted molar refractivity (Wildman–Crippen MR) is 150 cm³/mol. The van der Waals surface area contributed by atoms with Crippen molar-refractivity contribution in [3.05, 3.63) is 139 Å². The predicted octanol–water partition coefficient (Wildman–Crippen LogP) is 6.23. The maximum atomic E-state index is 11.0. The number of nitro groups is 2. The van der Waals surface area contributed by atoms with Gasteiger partial charge >= 0.3 is 0 Å². The number of ether oxygens (including phenoxy) is 1. The summed E-state index contributed by atoms with van der Waals surface area (Å²) in [5, 5.41) is 40.6. The molecule has 0 saturated carbocycles. The molecule has 0 aromatic heterocycles. The van der Waals surface area contributed by atoms with Gasteiger partial charge < -0.3 is 4.74 Å². The van der Waals surface area contributed by atoms with Gasteiger partial charge in [-0.05, 0) is 47.5 Å². The fraction of sp³-hybridized carbons (Fsp3) is 0.0625. The maximum Gasteiger partial charge on any atom is 0.269 e. The molecule has 0 N–H and O–H groups in total. The first kappa shape index (κ1) is 27.6. The maximum absolute atomic E-state index is 11.0. The van der Waals surface area contributed by atoms with E-state index in [2.05, 4.69) is 35.8 Å². The molecule has 4 aromatic carbocycles. The van der Waals surface area contributed by atoms with Crippen molar-refractivity contribution in [1.29, 1.82) is 10.5 Å². The van der Waals surface area contributed by atoms with Crippen LogP contribution in [0, 0.1) is 66.6 Å². The van der Waals surface area contributed by atoms with E-state index < -0.39 is 9.85 Å². The molecule has 0 saturated heterocycles. The number of nitro benzene ring substituents is 2. The third-order valence-electron chi connectivity index (χ3n) is 5.80. The molecule has 0 aliphatic carbocycles. The fourth-order valence-electron chi connectivity index (χ4n) is 3.79. The molecule has 0 radical (unpaired) electrons.